The highest BCUT2D eigenvalue weighted by Crippen LogP contribution is 2.32. The molecule has 0 unspecified atom stereocenters. The molecule has 0 saturated carbocycles. The molecular formula is C14H15N3O4. The van der Waals surface area contributed by atoms with Gasteiger partial charge in [-0.05, 0) is 18.9 Å². The number of carbonyl (C=O) groups is 1. The Hall–Kier alpha value is -2.62. The average molecular weight is 289 g/mol. The number of carbonyl (C=O) groups excluding carboxylic acids is 1. The fourth-order valence-corrected chi connectivity index (χ4v) is 2.43. The maximum Gasteiger partial charge on any atom is 0.311 e. The maximum absolute atomic E-state index is 12.5. The summed E-state index contributed by atoms with van der Waals surface area (Å²) in [5.74, 6) is -0.345. The molecule has 1 saturated heterocycles. The summed E-state index contributed by atoms with van der Waals surface area (Å²) in [7, 11) is 1.31. The molecule has 1 aromatic carbocycles. The Morgan fingerprint density at radius 1 is 1.48 bits per heavy atom. The first kappa shape index (κ1) is 14.8. The standard InChI is InChI=1S/C14H15N3O4/c1-21-13-11(3-2-4-12(13)17(19)20)14(18)16-7-5-10(9-15)6-8-16/h2-4,10H,5-8H2,1H3. The first-order chi connectivity index (χ1) is 10.1. The number of nitrogens with zero attached hydrogens (tertiary/aromatic N) is 3. The van der Waals surface area contributed by atoms with E-state index >= 15 is 0 Å². The van der Waals surface area contributed by atoms with Crippen LogP contribution in [0.2, 0.25) is 0 Å². The zero-order valence-electron chi connectivity index (χ0n) is 11.6. The lowest BCUT2D eigenvalue weighted by atomic mass is 9.98. The molecule has 7 heteroatoms. The minimum atomic E-state index is -0.572. The number of amides is 1. The van der Waals surface area contributed by atoms with Crippen molar-refractivity contribution >= 4 is 11.6 Å². The Balaban J connectivity index is 2.26. The van der Waals surface area contributed by atoms with Crippen LogP contribution in [-0.4, -0.2) is 35.9 Å². The third kappa shape index (κ3) is 2.94. The van der Waals surface area contributed by atoms with Crippen molar-refractivity contribution in [3.63, 3.8) is 0 Å². The molecule has 21 heavy (non-hydrogen) atoms. The molecule has 0 aromatic heterocycles. The number of piperidine rings is 1. The summed E-state index contributed by atoms with van der Waals surface area (Å²) in [6.45, 7) is 0.950. The van der Waals surface area contributed by atoms with Crippen LogP contribution in [0, 0.1) is 27.4 Å². The first-order valence-electron chi connectivity index (χ1n) is 6.58. The second-order valence-electron chi connectivity index (χ2n) is 4.81. The number of ether oxygens (including phenoxy) is 1. The molecule has 0 radical (unpaired) electrons. The third-order valence-corrected chi connectivity index (χ3v) is 3.59. The Morgan fingerprint density at radius 2 is 2.14 bits per heavy atom. The van der Waals surface area contributed by atoms with Crippen LogP contribution >= 0.6 is 0 Å². The molecule has 110 valence electrons. The summed E-state index contributed by atoms with van der Waals surface area (Å²) in [5.41, 5.74) is -0.0441. The number of hydrogen-bond donors (Lipinski definition) is 0. The summed E-state index contributed by atoms with van der Waals surface area (Å²) in [5, 5.41) is 19.8. The van der Waals surface area contributed by atoms with E-state index in [0.29, 0.717) is 25.9 Å². The molecular weight excluding hydrogens is 274 g/mol. The van der Waals surface area contributed by atoms with E-state index in [4.69, 9.17) is 10.00 Å². The second-order valence-corrected chi connectivity index (χ2v) is 4.81. The van der Waals surface area contributed by atoms with Crippen molar-refractivity contribution in [3.8, 4) is 11.8 Å². The molecule has 2 rings (SSSR count). The topological polar surface area (TPSA) is 96.5 Å². The van der Waals surface area contributed by atoms with Gasteiger partial charge < -0.3 is 9.64 Å². The van der Waals surface area contributed by atoms with Gasteiger partial charge in [0.1, 0.15) is 0 Å². The van der Waals surface area contributed by atoms with Crippen LogP contribution < -0.4 is 4.74 Å². The predicted molar refractivity (Wildman–Crippen MR) is 73.9 cm³/mol. The van der Waals surface area contributed by atoms with Crippen LogP contribution in [0.15, 0.2) is 18.2 Å². The highest BCUT2D eigenvalue weighted by atomic mass is 16.6. The van der Waals surface area contributed by atoms with E-state index in [1.54, 1.807) is 4.90 Å². The minimum absolute atomic E-state index is 0.0186. The fraction of sp³-hybridized carbons (Fsp3) is 0.429. The van der Waals surface area contributed by atoms with Crippen molar-refractivity contribution < 1.29 is 14.5 Å². The van der Waals surface area contributed by atoms with Gasteiger partial charge in [-0.1, -0.05) is 6.07 Å². The molecule has 7 nitrogen and oxygen atoms in total. The molecule has 1 aromatic rings. The monoisotopic (exact) mass is 289 g/mol. The van der Waals surface area contributed by atoms with Gasteiger partial charge in [-0.15, -0.1) is 0 Å². The summed E-state index contributed by atoms with van der Waals surface area (Å²) >= 11 is 0. The highest BCUT2D eigenvalue weighted by molar-refractivity contribution is 5.98. The maximum atomic E-state index is 12.5. The van der Waals surface area contributed by atoms with Crippen LogP contribution in [0.5, 0.6) is 5.75 Å². The first-order valence-corrected chi connectivity index (χ1v) is 6.58. The molecule has 0 N–H and O–H groups in total. The highest BCUT2D eigenvalue weighted by Gasteiger charge is 2.28. The van der Waals surface area contributed by atoms with E-state index in [1.807, 2.05) is 0 Å². The lowest BCUT2D eigenvalue weighted by Crippen LogP contribution is -2.38. The van der Waals surface area contributed by atoms with Crippen LogP contribution in [0.4, 0.5) is 5.69 Å². The Bertz CT molecular complexity index is 601. The zero-order chi connectivity index (χ0) is 15.4. The van der Waals surface area contributed by atoms with Crippen molar-refractivity contribution in [1.29, 1.82) is 5.26 Å². The predicted octanol–water partition coefficient (Wildman–Crippen LogP) is 1.98. The molecule has 1 amide bonds. The van der Waals surface area contributed by atoms with Gasteiger partial charge in [0.15, 0.2) is 0 Å². The molecule has 1 aliphatic heterocycles. The van der Waals surface area contributed by atoms with Gasteiger partial charge in [0.25, 0.3) is 5.91 Å². The largest absolute Gasteiger partial charge is 0.490 e. The van der Waals surface area contributed by atoms with E-state index in [2.05, 4.69) is 6.07 Å². The van der Waals surface area contributed by atoms with Crippen molar-refractivity contribution in [1.82, 2.24) is 4.90 Å². The molecule has 0 aliphatic carbocycles. The Labute approximate surface area is 121 Å². The summed E-state index contributed by atoms with van der Waals surface area (Å²) in [6.07, 6.45) is 1.25. The number of benzene rings is 1. The normalized spacial score (nSPS) is 15.3. The number of likely N-dealkylation sites (tertiary alicyclic amines) is 1. The lowest BCUT2D eigenvalue weighted by molar-refractivity contribution is -0.385. The van der Waals surface area contributed by atoms with Gasteiger partial charge in [0.2, 0.25) is 5.75 Å². The van der Waals surface area contributed by atoms with Crippen LogP contribution in [0.3, 0.4) is 0 Å². The van der Waals surface area contributed by atoms with Gasteiger partial charge >= 0.3 is 5.69 Å². The molecule has 1 heterocycles. The lowest BCUT2D eigenvalue weighted by Gasteiger charge is -2.29. The third-order valence-electron chi connectivity index (χ3n) is 3.59. The number of nitriles is 1. The molecule has 0 spiro atoms. The van der Waals surface area contributed by atoms with Crippen LogP contribution in [0.1, 0.15) is 23.2 Å². The van der Waals surface area contributed by atoms with Gasteiger partial charge in [-0.2, -0.15) is 5.26 Å². The van der Waals surface area contributed by atoms with E-state index in [9.17, 15) is 14.9 Å². The van der Waals surface area contributed by atoms with E-state index in [1.165, 1.54) is 25.3 Å². The van der Waals surface area contributed by atoms with E-state index in [-0.39, 0.29) is 28.8 Å². The number of rotatable bonds is 3. The summed E-state index contributed by atoms with van der Waals surface area (Å²) in [6, 6.07) is 6.49. The summed E-state index contributed by atoms with van der Waals surface area (Å²) < 4.78 is 5.05. The SMILES string of the molecule is COc1c(C(=O)N2CCC(C#N)CC2)cccc1[N+](=O)[O-]. The fourth-order valence-electron chi connectivity index (χ4n) is 2.43. The molecule has 0 bridgehead atoms. The number of nitro groups is 1. The quantitative estimate of drug-likeness (QED) is 0.626. The zero-order valence-corrected chi connectivity index (χ0v) is 11.6. The smallest absolute Gasteiger partial charge is 0.311 e. The Morgan fingerprint density at radius 3 is 2.67 bits per heavy atom. The number of hydrogen-bond acceptors (Lipinski definition) is 5. The van der Waals surface area contributed by atoms with Gasteiger partial charge in [0.05, 0.1) is 23.7 Å². The van der Waals surface area contributed by atoms with Crippen molar-refractivity contribution in [2.75, 3.05) is 20.2 Å². The number of nitro benzene ring substituents is 1. The van der Waals surface area contributed by atoms with Crippen LogP contribution in [-0.2, 0) is 0 Å². The van der Waals surface area contributed by atoms with Crippen LogP contribution in [0.25, 0.3) is 0 Å². The van der Waals surface area contributed by atoms with Gasteiger partial charge in [-0.25, -0.2) is 0 Å². The van der Waals surface area contributed by atoms with Gasteiger partial charge in [-0.3, -0.25) is 14.9 Å². The molecule has 0 atom stereocenters. The molecule has 1 fully saturated rings. The average Bonchev–Trinajstić information content (AvgIpc) is 2.53. The number of methoxy groups -OCH3 is 1. The van der Waals surface area contributed by atoms with Crippen molar-refractivity contribution in [2.45, 2.75) is 12.8 Å². The van der Waals surface area contributed by atoms with Gasteiger partial charge in [0, 0.05) is 25.1 Å². The number of para-hydroxylation sites is 1. The minimum Gasteiger partial charge on any atom is -0.490 e. The van der Waals surface area contributed by atoms with Crippen molar-refractivity contribution in [2.24, 2.45) is 5.92 Å². The Kier molecular flexibility index (Phi) is 4.38. The second kappa shape index (κ2) is 6.22. The molecule has 1 aliphatic rings. The van der Waals surface area contributed by atoms with Crippen molar-refractivity contribution in [3.05, 3.63) is 33.9 Å². The summed E-state index contributed by atoms with van der Waals surface area (Å²) in [4.78, 5) is 24.5. The van der Waals surface area contributed by atoms with E-state index in [0.717, 1.165) is 0 Å². The van der Waals surface area contributed by atoms with E-state index < -0.39 is 4.92 Å².